The number of nitrogens with two attached hydrogens (primary N) is 1. The fraction of sp³-hybridized carbons (Fsp3) is 0.0833. The molecule has 2 aromatic rings. The van der Waals surface area contributed by atoms with E-state index in [1.165, 1.54) is 25.4 Å². The lowest BCUT2D eigenvalue weighted by Gasteiger charge is -2.05. The predicted molar refractivity (Wildman–Crippen MR) is 68.9 cm³/mol. The third-order valence-electron chi connectivity index (χ3n) is 2.61. The van der Waals surface area contributed by atoms with Crippen LogP contribution in [-0.4, -0.2) is 21.4 Å². The fourth-order valence-electron chi connectivity index (χ4n) is 1.68. The monoisotopic (exact) mass is 280 g/mol. The first-order valence-electron chi connectivity index (χ1n) is 5.37. The van der Waals surface area contributed by atoms with Crippen molar-refractivity contribution in [3.8, 4) is 11.1 Å². The molecule has 1 aromatic carbocycles. The third kappa shape index (κ3) is 2.51. The van der Waals surface area contributed by atoms with E-state index in [4.69, 9.17) is 10.2 Å². The number of furan rings is 1. The molecule has 0 aliphatic rings. The van der Waals surface area contributed by atoms with Gasteiger partial charge in [-0.3, -0.25) is 4.79 Å². The topological polar surface area (TPSA) is 102 Å². The fourth-order valence-corrected chi connectivity index (χ4v) is 2.45. The average Bonchev–Trinajstić information content (AvgIpc) is 2.88. The average molecular weight is 280 g/mol. The summed E-state index contributed by atoms with van der Waals surface area (Å²) in [7, 11) is -2.21. The maximum absolute atomic E-state index is 11.7. The quantitative estimate of drug-likeness (QED) is 0.870. The van der Waals surface area contributed by atoms with Gasteiger partial charge < -0.3 is 10.2 Å². The van der Waals surface area contributed by atoms with Crippen LogP contribution >= 0.6 is 0 Å². The number of nitrogens with one attached hydrogen (secondary N) is 1. The van der Waals surface area contributed by atoms with E-state index in [2.05, 4.69) is 4.72 Å². The molecule has 19 heavy (non-hydrogen) atoms. The Morgan fingerprint density at radius 1 is 1.32 bits per heavy atom. The van der Waals surface area contributed by atoms with Gasteiger partial charge in [0.2, 0.25) is 10.0 Å². The molecule has 100 valence electrons. The minimum atomic E-state index is -3.54. The van der Waals surface area contributed by atoms with E-state index in [0.717, 1.165) is 0 Å². The zero-order valence-electron chi connectivity index (χ0n) is 10.1. The molecule has 7 heteroatoms. The second-order valence-corrected chi connectivity index (χ2v) is 5.65. The zero-order chi connectivity index (χ0) is 14.0. The minimum absolute atomic E-state index is 0.000921. The van der Waals surface area contributed by atoms with Gasteiger partial charge in [-0.1, -0.05) is 12.1 Å². The first-order chi connectivity index (χ1) is 8.95. The number of hydrogen-bond acceptors (Lipinski definition) is 4. The molecule has 0 saturated carbocycles. The van der Waals surface area contributed by atoms with Crippen molar-refractivity contribution in [3.63, 3.8) is 0 Å². The summed E-state index contributed by atoms with van der Waals surface area (Å²) >= 11 is 0. The molecule has 0 atom stereocenters. The van der Waals surface area contributed by atoms with E-state index in [0.29, 0.717) is 11.1 Å². The van der Waals surface area contributed by atoms with Crippen molar-refractivity contribution in [2.45, 2.75) is 4.90 Å². The molecule has 1 aromatic heterocycles. The molecule has 0 saturated heterocycles. The molecule has 1 heterocycles. The van der Waals surface area contributed by atoms with Gasteiger partial charge in [-0.15, -0.1) is 0 Å². The zero-order valence-corrected chi connectivity index (χ0v) is 10.9. The van der Waals surface area contributed by atoms with Crippen molar-refractivity contribution in [1.82, 2.24) is 4.72 Å². The Bertz CT molecular complexity index is 719. The predicted octanol–water partition coefficient (Wildman–Crippen LogP) is 0.954. The molecule has 1 amide bonds. The van der Waals surface area contributed by atoms with E-state index in [1.54, 1.807) is 18.2 Å². The Morgan fingerprint density at radius 2 is 2.05 bits per heavy atom. The Balaban J connectivity index is 2.56. The van der Waals surface area contributed by atoms with Crippen LogP contribution in [0.5, 0.6) is 0 Å². The van der Waals surface area contributed by atoms with Gasteiger partial charge in [0.25, 0.3) is 5.91 Å². The molecule has 0 bridgehead atoms. The molecular formula is C12H12N2O4S. The van der Waals surface area contributed by atoms with Crippen LogP contribution < -0.4 is 10.5 Å². The van der Waals surface area contributed by atoms with E-state index >= 15 is 0 Å². The van der Waals surface area contributed by atoms with Crippen molar-refractivity contribution in [2.24, 2.45) is 5.73 Å². The second-order valence-electron chi connectivity index (χ2n) is 3.76. The van der Waals surface area contributed by atoms with Crippen LogP contribution in [0.4, 0.5) is 0 Å². The Labute approximate surface area is 110 Å². The smallest absolute Gasteiger partial charge is 0.285 e. The lowest BCUT2D eigenvalue weighted by atomic mass is 10.1. The van der Waals surface area contributed by atoms with Gasteiger partial charge in [-0.25, -0.2) is 13.1 Å². The Morgan fingerprint density at radius 3 is 2.68 bits per heavy atom. The van der Waals surface area contributed by atoms with Crippen LogP contribution in [0.15, 0.2) is 45.9 Å². The molecule has 2 rings (SSSR count). The second kappa shape index (κ2) is 4.87. The van der Waals surface area contributed by atoms with Gasteiger partial charge in [0.05, 0.1) is 11.2 Å². The summed E-state index contributed by atoms with van der Waals surface area (Å²) in [5, 5.41) is 0. The molecule has 3 N–H and O–H groups in total. The molecule has 0 fully saturated rings. The highest BCUT2D eigenvalue weighted by Crippen LogP contribution is 2.26. The molecule has 6 nitrogen and oxygen atoms in total. The lowest BCUT2D eigenvalue weighted by Crippen LogP contribution is -2.18. The lowest BCUT2D eigenvalue weighted by molar-refractivity contribution is 0.0975. The van der Waals surface area contributed by atoms with E-state index < -0.39 is 15.9 Å². The van der Waals surface area contributed by atoms with E-state index in [1.807, 2.05) is 0 Å². The summed E-state index contributed by atoms with van der Waals surface area (Å²) in [6.45, 7) is 0. The van der Waals surface area contributed by atoms with Gasteiger partial charge in [-0.2, -0.15) is 0 Å². The van der Waals surface area contributed by atoms with Crippen molar-refractivity contribution in [1.29, 1.82) is 0 Å². The summed E-state index contributed by atoms with van der Waals surface area (Å²) < 4.78 is 30.6. The highest BCUT2D eigenvalue weighted by molar-refractivity contribution is 7.89. The number of primary amides is 1. The number of benzene rings is 1. The molecule has 0 spiro atoms. The maximum atomic E-state index is 11.7. The Kier molecular flexibility index (Phi) is 3.41. The molecule has 0 unspecified atom stereocenters. The maximum Gasteiger partial charge on any atom is 0.285 e. The number of carbonyl (C=O) groups is 1. The number of rotatable bonds is 4. The van der Waals surface area contributed by atoms with Gasteiger partial charge in [-0.05, 0) is 30.8 Å². The number of sulfonamides is 1. The first-order valence-corrected chi connectivity index (χ1v) is 6.85. The normalized spacial score (nSPS) is 11.4. The highest BCUT2D eigenvalue weighted by Gasteiger charge is 2.16. The van der Waals surface area contributed by atoms with Crippen LogP contribution in [0, 0.1) is 0 Å². The standard InChI is InChI=1S/C12H12N2O4S/c1-14-19(16,17)9-4-2-3-8(7-9)10-5-6-18-11(10)12(13)15/h2-7,14H,1H3,(H2,13,15). The van der Waals surface area contributed by atoms with Gasteiger partial charge in [0.1, 0.15) is 0 Å². The van der Waals surface area contributed by atoms with Gasteiger partial charge in [0, 0.05) is 5.56 Å². The number of carbonyl (C=O) groups excluding carboxylic acids is 1. The summed E-state index contributed by atoms with van der Waals surface area (Å²) in [6, 6.07) is 7.72. The SMILES string of the molecule is CNS(=O)(=O)c1cccc(-c2ccoc2C(N)=O)c1. The summed E-state index contributed by atoms with van der Waals surface area (Å²) in [6.07, 6.45) is 1.33. The van der Waals surface area contributed by atoms with Crippen molar-refractivity contribution in [2.75, 3.05) is 7.05 Å². The van der Waals surface area contributed by atoms with Crippen LogP contribution in [-0.2, 0) is 10.0 Å². The molecule has 0 aliphatic carbocycles. The van der Waals surface area contributed by atoms with Gasteiger partial charge >= 0.3 is 0 Å². The van der Waals surface area contributed by atoms with Crippen molar-refractivity contribution in [3.05, 3.63) is 42.4 Å². The van der Waals surface area contributed by atoms with Crippen LogP contribution in [0.3, 0.4) is 0 Å². The van der Waals surface area contributed by atoms with E-state index in [-0.39, 0.29) is 10.7 Å². The molecule has 0 aliphatic heterocycles. The minimum Gasteiger partial charge on any atom is -0.459 e. The van der Waals surface area contributed by atoms with Crippen LogP contribution in [0.2, 0.25) is 0 Å². The molecular weight excluding hydrogens is 268 g/mol. The molecule has 0 radical (unpaired) electrons. The van der Waals surface area contributed by atoms with Crippen molar-refractivity contribution >= 4 is 15.9 Å². The number of amides is 1. The Hall–Kier alpha value is -2.12. The number of hydrogen-bond donors (Lipinski definition) is 2. The summed E-state index contributed by atoms with van der Waals surface area (Å²) in [4.78, 5) is 11.3. The summed E-state index contributed by atoms with van der Waals surface area (Å²) in [5.74, 6) is -0.708. The first kappa shape index (κ1) is 13.3. The largest absolute Gasteiger partial charge is 0.459 e. The third-order valence-corrected chi connectivity index (χ3v) is 4.03. The highest BCUT2D eigenvalue weighted by atomic mass is 32.2. The van der Waals surface area contributed by atoms with Gasteiger partial charge in [0.15, 0.2) is 5.76 Å². The summed E-state index contributed by atoms with van der Waals surface area (Å²) in [5.41, 5.74) is 6.18. The van der Waals surface area contributed by atoms with Crippen LogP contribution in [0.25, 0.3) is 11.1 Å². The van der Waals surface area contributed by atoms with Crippen LogP contribution in [0.1, 0.15) is 10.6 Å². The van der Waals surface area contributed by atoms with Crippen molar-refractivity contribution < 1.29 is 17.6 Å². The van der Waals surface area contributed by atoms with E-state index in [9.17, 15) is 13.2 Å².